The van der Waals surface area contributed by atoms with Gasteiger partial charge in [0, 0.05) is 40.3 Å². The van der Waals surface area contributed by atoms with Gasteiger partial charge in [0.15, 0.2) is 0 Å². The number of carbonyl (C=O) groups excluding carboxylic acids is 1. The molecule has 0 N–H and O–H groups in total. The molecule has 0 unspecified atom stereocenters. The van der Waals surface area contributed by atoms with Crippen LogP contribution in [0.15, 0.2) is 54.3 Å². The monoisotopic (exact) mass is 407 g/mol. The summed E-state index contributed by atoms with van der Waals surface area (Å²) in [5.74, 6) is -1.36. The molecular formula is C22H15F2N3OS. The summed E-state index contributed by atoms with van der Waals surface area (Å²) in [5.41, 5.74) is 4.08. The highest BCUT2D eigenvalue weighted by Crippen LogP contribution is 2.37. The Labute approximate surface area is 169 Å². The zero-order valence-electron chi connectivity index (χ0n) is 15.2. The highest BCUT2D eigenvalue weighted by atomic mass is 32.1. The molecule has 5 rings (SSSR count). The van der Waals surface area contributed by atoms with E-state index in [1.54, 1.807) is 16.2 Å². The van der Waals surface area contributed by atoms with E-state index in [1.807, 2.05) is 18.3 Å². The maximum atomic E-state index is 13.9. The smallest absolute Gasteiger partial charge is 0.231 e. The quantitative estimate of drug-likeness (QED) is 0.492. The predicted octanol–water partition coefficient (Wildman–Crippen LogP) is 4.77. The molecule has 0 spiro atoms. The molecule has 0 fully saturated rings. The van der Waals surface area contributed by atoms with Gasteiger partial charge in [-0.15, -0.1) is 11.3 Å². The second-order valence-electron chi connectivity index (χ2n) is 6.94. The number of fused-ring (bicyclic) bond motifs is 2. The number of amides is 1. The van der Waals surface area contributed by atoms with Crippen LogP contribution in [0, 0.1) is 11.6 Å². The lowest BCUT2D eigenvalue weighted by molar-refractivity contribution is -0.117. The van der Waals surface area contributed by atoms with Gasteiger partial charge in [0.1, 0.15) is 22.8 Å². The van der Waals surface area contributed by atoms with E-state index >= 15 is 0 Å². The lowest BCUT2D eigenvalue weighted by atomic mass is 10.0. The van der Waals surface area contributed by atoms with Gasteiger partial charge in [-0.3, -0.25) is 4.79 Å². The minimum atomic E-state index is -0.568. The summed E-state index contributed by atoms with van der Waals surface area (Å²) in [7, 11) is 0. The fourth-order valence-corrected chi connectivity index (χ4v) is 4.65. The third-order valence-electron chi connectivity index (χ3n) is 5.19. The Morgan fingerprint density at radius 1 is 1.17 bits per heavy atom. The molecule has 0 saturated carbocycles. The Morgan fingerprint density at radius 3 is 2.97 bits per heavy atom. The van der Waals surface area contributed by atoms with E-state index in [0.717, 1.165) is 57.2 Å². The number of rotatable bonds is 3. The van der Waals surface area contributed by atoms with Crippen molar-refractivity contribution in [2.24, 2.45) is 0 Å². The molecule has 29 heavy (non-hydrogen) atoms. The molecule has 0 saturated heterocycles. The van der Waals surface area contributed by atoms with Crippen molar-refractivity contribution in [1.82, 2.24) is 9.97 Å². The van der Waals surface area contributed by atoms with Crippen LogP contribution in [-0.4, -0.2) is 22.4 Å². The van der Waals surface area contributed by atoms with E-state index < -0.39 is 11.6 Å². The van der Waals surface area contributed by atoms with Crippen molar-refractivity contribution in [1.29, 1.82) is 0 Å². The second kappa shape index (κ2) is 7.00. The summed E-state index contributed by atoms with van der Waals surface area (Å²) in [5, 5.41) is 3.07. The maximum Gasteiger partial charge on any atom is 0.231 e. The van der Waals surface area contributed by atoms with Gasteiger partial charge in [-0.2, -0.15) is 0 Å². The lowest BCUT2D eigenvalue weighted by Crippen LogP contribution is -2.30. The van der Waals surface area contributed by atoms with Crippen LogP contribution in [0.1, 0.15) is 11.1 Å². The molecule has 0 aliphatic carbocycles. The van der Waals surface area contributed by atoms with Crippen molar-refractivity contribution in [2.45, 2.75) is 12.8 Å². The number of benzene rings is 2. The lowest BCUT2D eigenvalue weighted by Gasteiger charge is -2.18. The van der Waals surface area contributed by atoms with E-state index in [4.69, 9.17) is 0 Å². The van der Waals surface area contributed by atoms with Crippen molar-refractivity contribution in [3.63, 3.8) is 0 Å². The SMILES string of the molecule is O=C(Cc1cc(F)ccc1F)N1CCc2cc(-c3csc4ncncc34)ccc21. The molecule has 0 atom stereocenters. The Balaban J connectivity index is 1.43. The third kappa shape index (κ3) is 3.17. The van der Waals surface area contributed by atoms with Crippen molar-refractivity contribution < 1.29 is 13.6 Å². The van der Waals surface area contributed by atoms with Gasteiger partial charge in [0.2, 0.25) is 5.91 Å². The van der Waals surface area contributed by atoms with Crippen molar-refractivity contribution in [2.75, 3.05) is 11.4 Å². The molecule has 2 aromatic heterocycles. The minimum Gasteiger partial charge on any atom is -0.312 e. The number of halogens is 2. The first-order chi connectivity index (χ1) is 14.1. The van der Waals surface area contributed by atoms with Gasteiger partial charge in [-0.25, -0.2) is 18.7 Å². The maximum absolute atomic E-state index is 13.9. The molecule has 0 radical (unpaired) electrons. The molecule has 1 aliphatic heterocycles. The van der Waals surface area contributed by atoms with Gasteiger partial charge in [0.05, 0.1) is 6.42 Å². The number of carbonyl (C=O) groups is 1. The van der Waals surface area contributed by atoms with E-state index in [-0.39, 0.29) is 17.9 Å². The van der Waals surface area contributed by atoms with Crippen LogP contribution in [0.2, 0.25) is 0 Å². The predicted molar refractivity (Wildman–Crippen MR) is 109 cm³/mol. The molecule has 0 bridgehead atoms. The summed E-state index contributed by atoms with van der Waals surface area (Å²) in [6.45, 7) is 0.530. The van der Waals surface area contributed by atoms with Gasteiger partial charge in [-0.05, 0) is 47.9 Å². The normalized spacial score (nSPS) is 13.1. The van der Waals surface area contributed by atoms with Crippen molar-refractivity contribution in [3.05, 3.63) is 77.1 Å². The number of nitrogens with zero attached hydrogens (tertiary/aromatic N) is 3. The Bertz CT molecular complexity index is 1250. The fourth-order valence-electron chi connectivity index (χ4n) is 3.76. The van der Waals surface area contributed by atoms with Gasteiger partial charge in [-0.1, -0.05) is 6.07 Å². The number of anilines is 1. The molecular weight excluding hydrogens is 392 g/mol. The summed E-state index contributed by atoms with van der Waals surface area (Å²) < 4.78 is 27.3. The van der Waals surface area contributed by atoms with Crippen LogP contribution in [0.4, 0.5) is 14.5 Å². The van der Waals surface area contributed by atoms with Gasteiger partial charge >= 0.3 is 0 Å². The van der Waals surface area contributed by atoms with E-state index in [2.05, 4.69) is 21.4 Å². The first-order valence-electron chi connectivity index (χ1n) is 9.15. The molecule has 1 amide bonds. The third-order valence-corrected chi connectivity index (χ3v) is 6.09. The van der Waals surface area contributed by atoms with Crippen LogP contribution in [0.3, 0.4) is 0 Å². The summed E-state index contributed by atoms with van der Waals surface area (Å²) in [6, 6.07) is 9.16. The summed E-state index contributed by atoms with van der Waals surface area (Å²) >= 11 is 1.57. The van der Waals surface area contributed by atoms with Crippen LogP contribution in [-0.2, 0) is 17.6 Å². The minimum absolute atomic E-state index is 0.0739. The number of thiophene rings is 1. The molecule has 4 nitrogen and oxygen atoms in total. The van der Waals surface area contributed by atoms with Crippen LogP contribution in [0.5, 0.6) is 0 Å². The topological polar surface area (TPSA) is 46.1 Å². The van der Waals surface area contributed by atoms with Gasteiger partial charge in [0.25, 0.3) is 0 Å². The highest BCUT2D eigenvalue weighted by molar-refractivity contribution is 7.17. The summed E-state index contributed by atoms with van der Waals surface area (Å²) in [6.07, 6.45) is 3.90. The Morgan fingerprint density at radius 2 is 2.07 bits per heavy atom. The number of hydrogen-bond donors (Lipinski definition) is 0. The van der Waals surface area contributed by atoms with E-state index in [0.29, 0.717) is 6.54 Å². The van der Waals surface area contributed by atoms with Crippen molar-refractivity contribution >= 4 is 33.1 Å². The van der Waals surface area contributed by atoms with Crippen LogP contribution >= 0.6 is 11.3 Å². The molecule has 4 aromatic rings. The molecule has 3 heterocycles. The zero-order valence-corrected chi connectivity index (χ0v) is 16.0. The van der Waals surface area contributed by atoms with E-state index in [9.17, 15) is 13.6 Å². The Hall–Kier alpha value is -3.19. The first kappa shape index (κ1) is 17.9. The first-order valence-corrected chi connectivity index (χ1v) is 10.0. The van der Waals surface area contributed by atoms with E-state index in [1.165, 1.54) is 6.33 Å². The largest absolute Gasteiger partial charge is 0.312 e. The van der Waals surface area contributed by atoms with Crippen LogP contribution in [0.25, 0.3) is 21.3 Å². The Kier molecular flexibility index (Phi) is 4.32. The highest BCUT2D eigenvalue weighted by Gasteiger charge is 2.26. The standard InChI is InChI=1S/C22H15F2N3OS/c23-16-2-3-19(24)15(8-16)9-21(28)27-6-5-14-7-13(1-4-20(14)27)18-11-29-22-17(18)10-25-12-26-22/h1-4,7-8,10-12H,5-6,9H2. The van der Waals surface area contributed by atoms with Crippen LogP contribution < -0.4 is 4.90 Å². The van der Waals surface area contributed by atoms with Gasteiger partial charge < -0.3 is 4.90 Å². The summed E-state index contributed by atoms with van der Waals surface area (Å²) in [4.78, 5) is 23.7. The molecule has 7 heteroatoms. The zero-order chi connectivity index (χ0) is 20.0. The average Bonchev–Trinajstić information content (AvgIpc) is 3.34. The fraction of sp³-hybridized carbons (Fsp3) is 0.136. The number of aromatic nitrogens is 2. The molecule has 2 aromatic carbocycles. The van der Waals surface area contributed by atoms with Crippen molar-refractivity contribution in [3.8, 4) is 11.1 Å². The molecule has 1 aliphatic rings. The molecule has 144 valence electrons. The second-order valence-corrected chi connectivity index (χ2v) is 7.80. The average molecular weight is 407 g/mol. The number of hydrogen-bond acceptors (Lipinski definition) is 4.